The van der Waals surface area contributed by atoms with Gasteiger partial charge in [0.15, 0.2) is 0 Å². The summed E-state index contributed by atoms with van der Waals surface area (Å²) >= 11 is 1.62. The van der Waals surface area contributed by atoms with Crippen LogP contribution in [0.5, 0.6) is 0 Å². The summed E-state index contributed by atoms with van der Waals surface area (Å²) in [6, 6.07) is 8.75. The normalized spacial score (nSPS) is 9.00. The van der Waals surface area contributed by atoms with Gasteiger partial charge in [0.05, 0.1) is 0 Å². The average molecular weight is 353 g/mol. The first-order valence-corrected chi connectivity index (χ1v) is 4.08. The van der Waals surface area contributed by atoms with Crippen LogP contribution in [0.1, 0.15) is 0 Å². The van der Waals surface area contributed by atoms with E-state index in [0.717, 1.165) is 10.6 Å². The maximum Gasteiger partial charge on any atom is 0.0473 e. The SMILES string of the molecule is [Ir].[c-]1ccsc1-c1cccnn1. The third-order valence-corrected chi connectivity index (χ3v) is 2.11. The van der Waals surface area contributed by atoms with Crippen molar-refractivity contribution in [2.75, 3.05) is 0 Å². The molecular weight excluding hydrogens is 348 g/mol. The van der Waals surface area contributed by atoms with Gasteiger partial charge in [0, 0.05) is 32.0 Å². The van der Waals surface area contributed by atoms with Crippen molar-refractivity contribution in [2.45, 2.75) is 0 Å². The second-order valence-electron chi connectivity index (χ2n) is 2.00. The molecule has 4 heteroatoms. The molecule has 1 radical (unpaired) electrons. The summed E-state index contributed by atoms with van der Waals surface area (Å²) in [5.41, 5.74) is 0.891. The fourth-order valence-electron chi connectivity index (χ4n) is 0.803. The first-order valence-electron chi connectivity index (χ1n) is 3.20. The predicted octanol–water partition coefficient (Wildman–Crippen LogP) is 2.00. The molecule has 0 atom stereocenters. The van der Waals surface area contributed by atoms with Crippen LogP contribution in [0.4, 0.5) is 0 Å². The number of thiophene rings is 1. The quantitative estimate of drug-likeness (QED) is 0.733. The molecule has 0 saturated heterocycles. The Kier molecular flexibility index (Phi) is 3.53. The van der Waals surface area contributed by atoms with Gasteiger partial charge >= 0.3 is 0 Å². The van der Waals surface area contributed by atoms with Crippen LogP contribution in [0.2, 0.25) is 0 Å². The van der Waals surface area contributed by atoms with Crippen LogP contribution in [0.3, 0.4) is 0 Å². The molecule has 0 aliphatic carbocycles. The molecule has 0 saturated carbocycles. The van der Waals surface area contributed by atoms with E-state index in [1.807, 2.05) is 23.6 Å². The van der Waals surface area contributed by atoms with Crippen molar-refractivity contribution in [3.63, 3.8) is 0 Å². The van der Waals surface area contributed by atoms with Gasteiger partial charge in [-0.3, -0.25) is 0 Å². The molecule has 63 valence electrons. The van der Waals surface area contributed by atoms with Crippen LogP contribution in [-0.4, -0.2) is 10.2 Å². The monoisotopic (exact) mass is 354 g/mol. The van der Waals surface area contributed by atoms with Crippen LogP contribution >= 0.6 is 11.3 Å². The Hall–Kier alpha value is -0.571. The van der Waals surface area contributed by atoms with Gasteiger partial charge in [0.2, 0.25) is 0 Å². The summed E-state index contributed by atoms with van der Waals surface area (Å²) in [6.07, 6.45) is 1.66. The zero-order chi connectivity index (χ0) is 7.52. The molecular formula is C8H5IrN2S-. The Morgan fingerprint density at radius 2 is 2.33 bits per heavy atom. The first kappa shape index (κ1) is 9.52. The van der Waals surface area contributed by atoms with E-state index in [9.17, 15) is 0 Å². The number of hydrogen-bond donors (Lipinski definition) is 0. The standard InChI is InChI=1S/C8H5N2S.Ir/c1-3-7(10-9-5-1)8-4-2-6-11-8;/h1-3,5-6H;/q-1;. The Balaban J connectivity index is 0.000000720. The van der Waals surface area contributed by atoms with E-state index >= 15 is 0 Å². The van der Waals surface area contributed by atoms with E-state index in [0.29, 0.717) is 0 Å². The molecule has 0 aliphatic heterocycles. The minimum Gasteiger partial charge on any atom is -0.237 e. The Labute approximate surface area is 88.0 Å². The largest absolute Gasteiger partial charge is 0.237 e. The van der Waals surface area contributed by atoms with E-state index in [4.69, 9.17) is 0 Å². The third-order valence-electron chi connectivity index (χ3n) is 1.27. The van der Waals surface area contributed by atoms with Crippen molar-refractivity contribution in [1.29, 1.82) is 0 Å². The van der Waals surface area contributed by atoms with Crippen LogP contribution in [0, 0.1) is 6.07 Å². The first-order chi connectivity index (χ1) is 5.47. The molecule has 0 aliphatic rings. The molecule has 0 N–H and O–H groups in total. The molecule has 0 bridgehead atoms. The molecule has 2 rings (SSSR count). The number of aromatic nitrogens is 2. The summed E-state index contributed by atoms with van der Waals surface area (Å²) in [4.78, 5) is 1.04. The van der Waals surface area contributed by atoms with Crippen molar-refractivity contribution in [1.82, 2.24) is 10.2 Å². The van der Waals surface area contributed by atoms with Crippen molar-refractivity contribution < 1.29 is 20.1 Å². The molecule has 0 unspecified atom stereocenters. The van der Waals surface area contributed by atoms with Crippen molar-refractivity contribution in [3.8, 4) is 10.6 Å². The van der Waals surface area contributed by atoms with E-state index in [-0.39, 0.29) is 20.1 Å². The van der Waals surface area contributed by atoms with Crippen molar-refractivity contribution >= 4 is 11.3 Å². The van der Waals surface area contributed by atoms with Gasteiger partial charge in [-0.1, -0.05) is 17.0 Å². The minimum atomic E-state index is 0. The molecule has 0 aromatic carbocycles. The number of nitrogens with zero attached hydrogens (tertiary/aromatic N) is 2. The second-order valence-corrected chi connectivity index (χ2v) is 2.92. The zero-order valence-corrected chi connectivity index (χ0v) is 9.23. The summed E-state index contributed by atoms with van der Waals surface area (Å²) in [7, 11) is 0. The van der Waals surface area contributed by atoms with Crippen molar-refractivity contribution in [3.05, 3.63) is 35.8 Å². The summed E-state index contributed by atoms with van der Waals surface area (Å²) in [5, 5.41) is 9.70. The van der Waals surface area contributed by atoms with Gasteiger partial charge in [-0.25, -0.2) is 16.4 Å². The predicted molar refractivity (Wildman–Crippen MR) is 44.2 cm³/mol. The fraction of sp³-hybridized carbons (Fsp3) is 0. The van der Waals surface area contributed by atoms with Crippen LogP contribution < -0.4 is 0 Å². The smallest absolute Gasteiger partial charge is 0.0473 e. The second kappa shape index (κ2) is 4.45. The molecule has 0 spiro atoms. The van der Waals surface area contributed by atoms with Crippen LogP contribution in [-0.2, 0) is 20.1 Å². The van der Waals surface area contributed by atoms with E-state index in [2.05, 4.69) is 16.3 Å². The van der Waals surface area contributed by atoms with E-state index in [1.54, 1.807) is 17.5 Å². The van der Waals surface area contributed by atoms with E-state index in [1.165, 1.54) is 0 Å². The van der Waals surface area contributed by atoms with Crippen LogP contribution in [0.25, 0.3) is 10.6 Å². The van der Waals surface area contributed by atoms with Gasteiger partial charge in [-0.2, -0.15) is 17.2 Å². The van der Waals surface area contributed by atoms with Crippen LogP contribution in [0.15, 0.2) is 29.8 Å². The maximum atomic E-state index is 3.95. The Bertz CT molecular complexity index is 320. The fourth-order valence-corrected chi connectivity index (χ4v) is 1.44. The van der Waals surface area contributed by atoms with Gasteiger partial charge in [0.25, 0.3) is 0 Å². The molecule has 0 amide bonds. The summed E-state index contributed by atoms with van der Waals surface area (Å²) in [5.74, 6) is 0. The zero-order valence-electron chi connectivity index (χ0n) is 6.02. The minimum absolute atomic E-state index is 0. The summed E-state index contributed by atoms with van der Waals surface area (Å²) in [6.45, 7) is 0. The van der Waals surface area contributed by atoms with Gasteiger partial charge < -0.3 is 0 Å². The molecule has 2 nitrogen and oxygen atoms in total. The maximum absolute atomic E-state index is 3.95. The molecule has 0 fully saturated rings. The number of hydrogen-bond acceptors (Lipinski definition) is 3. The van der Waals surface area contributed by atoms with Gasteiger partial charge in [-0.15, -0.1) is 5.38 Å². The third kappa shape index (κ3) is 1.97. The summed E-state index contributed by atoms with van der Waals surface area (Å²) < 4.78 is 0. The van der Waals surface area contributed by atoms with Gasteiger partial charge in [-0.05, 0) is 0 Å². The molecule has 2 aromatic rings. The van der Waals surface area contributed by atoms with Gasteiger partial charge in [0.1, 0.15) is 0 Å². The molecule has 2 aromatic heterocycles. The average Bonchev–Trinajstić information content (AvgIpc) is 2.58. The molecule has 2 heterocycles. The van der Waals surface area contributed by atoms with Crippen molar-refractivity contribution in [2.24, 2.45) is 0 Å². The topological polar surface area (TPSA) is 25.8 Å². The van der Waals surface area contributed by atoms with E-state index < -0.39 is 0 Å². The Morgan fingerprint density at radius 3 is 2.92 bits per heavy atom. The molecule has 12 heavy (non-hydrogen) atoms. The Morgan fingerprint density at radius 1 is 1.42 bits per heavy atom. The number of rotatable bonds is 1.